The predicted molar refractivity (Wildman–Crippen MR) is 89.7 cm³/mol. The molecule has 1 heterocycles. The lowest BCUT2D eigenvalue weighted by atomic mass is 10.1. The summed E-state index contributed by atoms with van der Waals surface area (Å²) in [6.07, 6.45) is 1.01. The molecule has 0 amide bonds. The minimum Gasteiger partial charge on any atom is -0.497 e. The lowest BCUT2D eigenvalue weighted by Crippen LogP contribution is -2.83. The van der Waals surface area contributed by atoms with Gasteiger partial charge < -0.3 is 14.5 Å². The molecule has 1 aromatic heterocycles. The first-order valence-corrected chi connectivity index (χ1v) is 7.72. The van der Waals surface area contributed by atoms with E-state index in [0.717, 1.165) is 30.5 Å². The highest BCUT2D eigenvalue weighted by Gasteiger charge is 2.08. The number of fused-ring (bicyclic) bond motifs is 1. The number of hydrogen-bond acceptors (Lipinski definition) is 3. The van der Waals surface area contributed by atoms with Gasteiger partial charge in [-0.25, -0.2) is 4.79 Å². The molecule has 0 fully saturated rings. The van der Waals surface area contributed by atoms with Gasteiger partial charge in [0.1, 0.15) is 17.9 Å². The monoisotopic (exact) mass is 310 g/mol. The van der Waals surface area contributed by atoms with Crippen molar-refractivity contribution in [1.29, 1.82) is 0 Å². The Morgan fingerprint density at radius 1 is 1.09 bits per heavy atom. The average molecular weight is 310 g/mol. The van der Waals surface area contributed by atoms with Crippen LogP contribution in [0.5, 0.6) is 5.75 Å². The first-order chi connectivity index (χ1) is 11.3. The van der Waals surface area contributed by atoms with E-state index in [1.165, 1.54) is 5.56 Å². The smallest absolute Gasteiger partial charge is 0.336 e. The molecule has 23 heavy (non-hydrogen) atoms. The van der Waals surface area contributed by atoms with E-state index in [-0.39, 0.29) is 5.63 Å². The van der Waals surface area contributed by atoms with Gasteiger partial charge in [0, 0.05) is 29.5 Å². The molecule has 0 bridgehead atoms. The first kappa shape index (κ1) is 15.3. The van der Waals surface area contributed by atoms with Gasteiger partial charge in [-0.05, 0) is 17.7 Å². The molecular formula is C19H20NO3+. The summed E-state index contributed by atoms with van der Waals surface area (Å²) in [5.41, 5.74) is 2.57. The fraction of sp³-hybridized carbons (Fsp3) is 0.211. The van der Waals surface area contributed by atoms with Crippen LogP contribution in [0, 0.1) is 0 Å². The van der Waals surface area contributed by atoms with E-state index in [4.69, 9.17) is 9.15 Å². The van der Waals surface area contributed by atoms with Crippen LogP contribution < -0.4 is 15.7 Å². The zero-order valence-corrected chi connectivity index (χ0v) is 13.1. The fourth-order valence-electron chi connectivity index (χ4n) is 2.68. The third-order valence-electron chi connectivity index (χ3n) is 3.88. The number of rotatable bonds is 6. The molecule has 0 saturated carbocycles. The van der Waals surface area contributed by atoms with Crippen molar-refractivity contribution in [2.45, 2.75) is 13.0 Å². The van der Waals surface area contributed by atoms with Gasteiger partial charge in [-0.15, -0.1) is 0 Å². The van der Waals surface area contributed by atoms with E-state index in [0.29, 0.717) is 11.3 Å². The SMILES string of the molecule is COc1ccc2c(C[NH2+]CCc3ccccc3)cc(=O)oc2c1. The third-order valence-corrected chi connectivity index (χ3v) is 3.88. The number of hydrogen-bond donors (Lipinski definition) is 1. The van der Waals surface area contributed by atoms with Crippen molar-refractivity contribution in [3.8, 4) is 5.75 Å². The molecule has 4 heteroatoms. The molecule has 0 spiro atoms. The molecule has 3 aromatic rings. The lowest BCUT2D eigenvalue weighted by molar-refractivity contribution is -0.670. The van der Waals surface area contributed by atoms with Gasteiger partial charge in [0.15, 0.2) is 0 Å². The van der Waals surface area contributed by atoms with E-state index in [2.05, 4.69) is 29.6 Å². The van der Waals surface area contributed by atoms with Crippen LogP contribution in [0.3, 0.4) is 0 Å². The molecule has 2 aromatic carbocycles. The molecule has 0 saturated heterocycles. The van der Waals surface area contributed by atoms with Crippen LogP contribution in [0.4, 0.5) is 0 Å². The van der Waals surface area contributed by atoms with Crippen LogP contribution in [0.15, 0.2) is 63.8 Å². The van der Waals surface area contributed by atoms with Crippen molar-refractivity contribution in [3.05, 3.63) is 76.1 Å². The van der Waals surface area contributed by atoms with Crippen LogP contribution in [0.2, 0.25) is 0 Å². The first-order valence-electron chi connectivity index (χ1n) is 7.72. The Balaban J connectivity index is 1.71. The topological polar surface area (TPSA) is 56.0 Å². The predicted octanol–water partition coefficient (Wildman–Crippen LogP) is 2.11. The summed E-state index contributed by atoms with van der Waals surface area (Å²) in [5, 5.41) is 3.17. The summed E-state index contributed by atoms with van der Waals surface area (Å²) in [7, 11) is 1.60. The molecular weight excluding hydrogens is 290 g/mol. The molecule has 0 aliphatic rings. The molecule has 2 N–H and O–H groups in total. The lowest BCUT2D eigenvalue weighted by Gasteiger charge is -2.06. The number of benzene rings is 2. The average Bonchev–Trinajstić information content (AvgIpc) is 2.58. The van der Waals surface area contributed by atoms with Gasteiger partial charge in [0.2, 0.25) is 0 Å². The Labute approximate surface area is 134 Å². The summed E-state index contributed by atoms with van der Waals surface area (Å²) in [5.74, 6) is 0.686. The molecule has 3 rings (SSSR count). The summed E-state index contributed by atoms with van der Waals surface area (Å²) >= 11 is 0. The van der Waals surface area contributed by atoms with Gasteiger partial charge in [0.25, 0.3) is 0 Å². The minimum atomic E-state index is -0.322. The Bertz CT molecular complexity index is 840. The molecule has 0 atom stereocenters. The molecule has 0 aliphatic heterocycles. The zero-order chi connectivity index (χ0) is 16.1. The maximum Gasteiger partial charge on any atom is 0.336 e. The van der Waals surface area contributed by atoms with E-state index >= 15 is 0 Å². The molecule has 118 valence electrons. The van der Waals surface area contributed by atoms with Gasteiger partial charge in [-0.2, -0.15) is 0 Å². The van der Waals surface area contributed by atoms with Crippen molar-refractivity contribution in [1.82, 2.24) is 0 Å². The number of nitrogens with two attached hydrogens (primary N) is 1. The normalized spacial score (nSPS) is 10.8. The number of methoxy groups -OCH3 is 1. The molecule has 4 nitrogen and oxygen atoms in total. The number of ether oxygens (including phenoxy) is 1. The van der Waals surface area contributed by atoms with Gasteiger partial charge in [-0.3, -0.25) is 0 Å². The Kier molecular flexibility index (Phi) is 4.74. The second kappa shape index (κ2) is 7.11. The Hall–Kier alpha value is -2.59. The summed E-state index contributed by atoms with van der Waals surface area (Å²) in [6.45, 7) is 1.73. The summed E-state index contributed by atoms with van der Waals surface area (Å²) in [6, 6.07) is 17.6. The maximum absolute atomic E-state index is 11.7. The largest absolute Gasteiger partial charge is 0.497 e. The summed E-state index contributed by atoms with van der Waals surface area (Å²) in [4.78, 5) is 11.7. The third kappa shape index (κ3) is 3.79. The second-order valence-electron chi connectivity index (χ2n) is 5.47. The van der Waals surface area contributed by atoms with E-state index in [1.807, 2.05) is 18.2 Å². The van der Waals surface area contributed by atoms with Crippen molar-refractivity contribution < 1.29 is 14.5 Å². The van der Waals surface area contributed by atoms with Crippen LogP contribution in [-0.4, -0.2) is 13.7 Å². The van der Waals surface area contributed by atoms with Crippen LogP contribution in [0.25, 0.3) is 11.0 Å². The van der Waals surface area contributed by atoms with Crippen molar-refractivity contribution in [2.75, 3.05) is 13.7 Å². The fourth-order valence-corrected chi connectivity index (χ4v) is 2.68. The van der Waals surface area contributed by atoms with E-state index < -0.39 is 0 Å². The van der Waals surface area contributed by atoms with Crippen LogP contribution in [0.1, 0.15) is 11.1 Å². The molecule has 0 unspecified atom stereocenters. The molecule has 0 radical (unpaired) electrons. The Morgan fingerprint density at radius 2 is 1.91 bits per heavy atom. The highest BCUT2D eigenvalue weighted by Crippen LogP contribution is 2.21. The standard InChI is InChI=1S/C19H19NO3/c1-22-16-7-8-17-15(11-19(21)23-18(17)12-16)13-20-10-9-14-5-3-2-4-6-14/h2-8,11-12,20H,9-10,13H2,1H3/p+1. The molecule has 0 aliphatic carbocycles. The van der Waals surface area contributed by atoms with Crippen molar-refractivity contribution in [2.24, 2.45) is 0 Å². The number of quaternary nitrogens is 1. The van der Waals surface area contributed by atoms with E-state index in [1.54, 1.807) is 19.2 Å². The van der Waals surface area contributed by atoms with Gasteiger partial charge in [0.05, 0.1) is 13.7 Å². The van der Waals surface area contributed by atoms with Gasteiger partial charge in [-0.1, -0.05) is 30.3 Å². The van der Waals surface area contributed by atoms with Crippen molar-refractivity contribution in [3.63, 3.8) is 0 Å². The highest BCUT2D eigenvalue weighted by atomic mass is 16.5. The van der Waals surface area contributed by atoms with Crippen molar-refractivity contribution >= 4 is 11.0 Å². The van der Waals surface area contributed by atoms with Crippen LogP contribution >= 0.6 is 0 Å². The second-order valence-corrected chi connectivity index (χ2v) is 5.47. The van der Waals surface area contributed by atoms with Crippen LogP contribution in [-0.2, 0) is 13.0 Å². The summed E-state index contributed by atoms with van der Waals surface area (Å²) < 4.78 is 10.5. The highest BCUT2D eigenvalue weighted by molar-refractivity contribution is 5.81. The zero-order valence-electron chi connectivity index (χ0n) is 13.1. The maximum atomic E-state index is 11.7. The Morgan fingerprint density at radius 3 is 2.70 bits per heavy atom. The van der Waals surface area contributed by atoms with E-state index in [9.17, 15) is 4.79 Å². The van der Waals surface area contributed by atoms with Gasteiger partial charge >= 0.3 is 5.63 Å². The minimum absolute atomic E-state index is 0.322. The quantitative estimate of drug-likeness (QED) is 0.560.